The molecule has 5 heteroatoms. The van der Waals surface area contributed by atoms with E-state index in [0.717, 1.165) is 0 Å². The minimum Gasteiger partial charge on any atom is -0.0869 e. The summed E-state index contributed by atoms with van der Waals surface area (Å²) in [7, 11) is 3.40. The van der Waals surface area contributed by atoms with Crippen LogP contribution in [-0.2, 0) is 34.1 Å². The van der Waals surface area contributed by atoms with Crippen molar-refractivity contribution in [2.24, 2.45) is 0 Å². The maximum atomic E-state index is 2.40. The maximum Gasteiger partial charge on any atom is 0.0165 e. The molecule has 2 rings (SSSR count). The van der Waals surface area contributed by atoms with Gasteiger partial charge in [-0.1, -0.05) is 105 Å². The van der Waals surface area contributed by atoms with E-state index in [4.69, 9.17) is 0 Å². The summed E-state index contributed by atoms with van der Waals surface area (Å²) >= 11 is 0. The number of hydrogen-bond donors (Lipinski definition) is 0. The summed E-state index contributed by atoms with van der Waals surface area (Å²) in [6.07, 6.45) is 4.20. The van der Waals surface area contributed by atoms with E-state index >= 15 is 0 Å². The third kappa shape index (κ3) is 9.26. The minimum absolute atomic E-state index is 0. The summed E-state index contributed by atoms with van der Waals surface area (Å²) in [6, 6.07) is 0. The normalized spacial score (nSPS) is 18.7. The van der Waals surface area contributed by atoms with Gasteiger partial charge < -0.3 is 0 Å². The molecule has 1 heterocycles. The molecule has 1 aromatic rings. The number of unbranched alkanes of at least 4 members (excludes halogenated alkanes) is 1. The summed E-state index contributed by atoms with van der Waals surface area (Å²) in [4.78, 5) is 0. The Kier molecular flexibility index (Phi) is 15.3. The summed E-state index contributed by atoms with van der Waals surface area (Å²) in [5.41, 5.74) is 0.796. The van der Waals surface area contributed by atoms with Crippen LogP contribution in [0.1, 0.15) is 106 Å². The van der Waals surface area contributed by atoms with Gasteiger partial charge in [-0.3, -0.25) is 0 Å². The van der Waals surface area contributed by atoms with E-state index < -0.39 is 0 Å². The Balaban J connectivity index is 0. The van der Waals surface area contributed by atoms with Crippen LogP contribution in [-0.4, -0.2) is 18.9 Å². The number of aryl methyl sites for hydroxylation is 1. The predicted molar refractivity (Wildman–Crippen MR) is 137 cm³/mol. The molecule has 162 valence electrons. The van der Waals surface area contributed by atoms with Gasteiger partial charge in [-0.05, 0) is 60.9 Å². The summed E-state index contributed by atoms with van der Waals surface area (Å²) in [6.45, 7) is 27.6. The molecule has 0 bridgehead atoms. The quantitative estimate of drug-likeness (QED) is 0.373. The van der Waals surface area contributed by atoms with Gasteiger partial charge in [0.05, 0.1) is 0 Å². The van der Waals surface area contributed by atoms with Crippen LogP contribution in [0.4, 0.5) is 0 Å². The van der Waals surface area contributed by atoms with Gasteiger partial charge in [0.15, 0.2) is 0 Å². The van der Waals surface area contributed by atoms with Gasteiger partial charge in [0.2, 0.25) is 0 Å². The van der Waals surface area contributed by atoms with E-state index in [0.29, 0.717) is 10.8 Å². The summed E-state index contributed by atoms with van der Waals surface area (Å²) in [5.74, 6) is 7.34. The minimum atomic E-state index is 0. The maximum absolute atomic E-state index is 2.40. The van der Waals surface area contributed by atoms with E-state index in [1.54, 1.807) is 21.1 Å². The Morgan fingerprint density at radius 2 is 1.10 bits per heavy atom. The Morgan fingerprint density at radius 1 is 0.724 bits per heavy atom. The van der Waals surface area contributed by atoms with Crippen molar-refractivity contribution in [1.29, 1.82) is 0 Å². The molecule has 1 atom stereocenters. The van der Waals surface area contributed by atoms with E-state index in [1.165, 1.54) is 48.6 Å². The molecule has 1 saturated carbocycles. The first-order valence-electron chi connectivity index (χ1n) is 10.4. The van der Waals surface area contributed by atoms with Gasteiger partial charge >= 0.3 is 0 Å². The van der Waals surface area contributed by atoms with Crippen LogP contribution >= 0.6 is 23.3 Å². The second-order valence-electron chi connectivity index (χ2n) is 9.96. The average molecular weight is 486 g/mol. The van der Waals surface area contributed by atoms with E-state index in [-0.39, 0.29) is 43.1 Å². The molecular weight excluding hydrogens is 444 g/mol. The predicted octanol–water partition coefficient (Wildman–Crippen LogP) is 9.82. The molecule has 1 aliphatic carbocycles. The van der Waals surface area contributed by atoms with Gasteiger partial charge in [-0.2, -0.15) is 0 Å². The van der Waals surface area contributed by atoms with Crippen molar-refractivity contribution in [1.82, 2.24) is 0 Å². The second-order valence-corrected chi connectivity index (χ2v) is 16.2. The van der Waals surface area contributed by atoms with Crippen LogP contribution in [0.2, 0.25) is 0 Å². The van der Waals surface area contributed by atoms with Gasteiger partial charge in [-0.15, -0.1) is 0 Å². The molecule has 0 saturated heterocycles. The Morgan fingerprint density at radius 3 is 1.38 bits per heavy atom. The van der Waals surface area contributed by atoms with Crippen molar-refractivity contribution in [2.75, 3.05) is 0 Å². The summed E-state index contributed by atoms with van der Waals surface area (Å²) < 4.78 is 0. The molecule has 0 aromatic carbocycles. The third-order valence-electron chi connectivity index (χ3n) is 5.55. The molecule has 0 amide bonds. The van der Waals surface area contributed by atoms with Crippen molar-refractivity contribution in [3.63, 3.8) is 0 Å². The van der Waals surface area contributed by atoms with Crippen molar-refractivity contribution in [2.45, 2.75) is 113 Å². The van der Waals surface area contributed by atoms with E-state index in [2.05, 4.69) is 83.1 Å². The van der Waals surface area contributed by atoms with Crippen molar-refractivity contribution < 1.29 is 17.1 Å². The molecule has 6 radical (unpaired) electrons. The monoisotopic (exact) mass is 486 g/mol. The smallest absolute Gasteiger partial charge is 0.0165 e. The molecule has 0 N–H and O–H groups in total. The topological polar surface area (TPSA) is 0 Å². The summed E-state index contributed by atoms with van der Waals surface area (Å²) in [5, 5.41) is 3.59. The van der Waals surface area contributed by atoms with Crippen molar-refractivity contribution in [3.05, 3.63) is 39.6 Å². The Labute approximate surface area is 210 Å². The first kappa shape index (κ1) is 32.9. The van der Waals surface area contributed by atoms with Gasteiger partial charge in [-0.25, -0.2) is 0 Å². The van der Waals surface area contributed by atoms with Crippen LogP contribution in [0.5, 0.6) is 0 Å². The second kappa shape index (κ2) is 13.5. The third-order valence-corrected chi connectivity index (χ3v) is 15.4. The zero-order chi connectivity index (χ0) is 21.2. The van der Waals surface area contributed by atoms with Crippen LogP contribution < -0.4 is 0 Å². The van der Waals surface area contributed by atoms with Gasteiger partial charge in [0.25, 0.3) is 0 Å². The van der Waals surface area contributed by atoms with Crippen LogP contribution in [0.3, 0.4) is 0 Å². The fraction of sp³-hybridized carbons (Fsp3) is 0.708. The standard InChI is InChI=1S/C14H27P3.C10H15.Fe.Li/c1-8-9-10-17-12(14(5,6)7)15-11(16-17)13(2,3)4;1-6-7(2)9(4)10(5)8(6)3;;/h8-10H2,1-7H3;1-5H3;;. The first-order chi connectivity index (χ1) is 12.2. The molecular formula is C24H42FeLiP3. The number of rotatable bonds is 3. The van der Waals surface area contributed by atoms with Gasteiger partial charge in [0, 0.05) is 46.0 Å². The van der Waals surface area contributed by atoms with Crippen molar-refractivity contribution >= 4 is 42.1 Å². The molecule has 0 spiro atoms. The molecule has 1 aliphatic rings. The fourth-order valence-electron chi connectivity index (χ4n) is 3.08. The van der Waals surface area contributed by atoms with Crippen LogP contribution in [0.15, 0.2) is 0 Å². The number of hydrogen-bond acceptors (Lipinski definition) is 0. The molecule has 1 unspecified atom stereocenters. The average Bonchev–Trinajstić information content (AvgIpc) is 3.07. The molecule has 1 aromatic heterocycles. The Bertz CT molecular complexity index is 541. The first-order valence-corrected chi connectivity index (χ1v) is 14.4. The van der Waals surface area contributed by atoms with Crippen LogP contribution in [0, 0.1) is 29.6 Å². The van der Waals surface area contributed by atoms with Gasteiger partial charge in [0.1, 0.15) is 0 Å². The zero-order valence-electron chi connectivity index (χ0n) is 21.3. The fourth-order valence-corrected chi connectivity index (χ4v) is 13.7. The molecule has 0 aliphatic heterocycles. The molecule has 29 heavy (non-hydrogen) atoms. The van der Waals surface area contributed by atoms with Crippen LogP contribution in [0.25, 0.3) is 0 Å². The van der Waals surface area contributed by atoms with E-state index in [9.17, 15) is 0 Å². The molecule has 1 fully saturated rings. The zero-order valence-corrected chi connectivity index (χ0v) is 25.1. The largest absolute Gasteiger partial charge is 0.0869 e. The Hall–Kier alpha value is 1.76. The SMILES string of the molecule is CCCCp1pc(C(C)(C)C)pc1C(C)(C)C.C[C]1[C](C)[C](C)[C](C)[C]1C.[Fe].[Li]. The van der Waals surface area contributed by atoms with Crippen molar-refractivity contribution in [3.8, 4) is 0 Å². The van der Waals surface area contributed by atoms with E-state index in [1.807, 2.05) is 5.03 Å². The molecule has 0 nitrogen and oxygen atoms in total.